The zero-order valence-electron chi connectivity index (χ0n) is 17.6. The third kappa shape index (κ3) is 3.12. The molecular formula is C26H28N2O2. The molecule has 1 saturated heterocycles. The molecule has 1 aromatic carbocycles. The molecule has 2 aliphatic carbocycles. The van der Waals surface area contributed by atoms with E-state index in [1.165, 1.54) is 12.8 Å². The zero-order valence-corrected chi connectivity index (χ0v) is 17.6. The Balaban J connectivity index is 1.37. The zero-order chi connectivity index (χ0) is 20.8. The predicted octanol–water partition coefficient (Wildman–Crippen LogP) is 5.02. The van der Waals surface area contributed by atoms with Crippen molar-refractivity contribution in [3.63, 3.8) is 0 Å². The van der Waals surface area contributed by atoms with E-state index in [0.29, 0.717) is 35.2 Å². The van der Waals surface area contributed by atoms with E-state index in [0.717, 1.165) is 29.7 Å². The van der Waals surface area contributed by atoms with Crippen LogP contribution in [0.4, 0.5) is 0 Å². The van der Waals surface area contributed by atoms with E-state index in [1.807, 2.05) is 30.5 Å². The van der Waals surface area contributed by atoms with Crippen molar-refractivity contribution in [3.05, 3.63) is 53.9 Å². The maximum Gasteiger partial charge on any atom is 0.309 e. The Morgan fingerprint density at radius 2 is 1.97 bits per heavy atom. The van der Waals surface area contributed by atoms with Crippen molar-refractivity contribution >= 4 is 5.97 Å². The molecule has 2 heterocycles. The summed E-state index contributed by atoms with van der Waals surface area (Å²) in [6.07, 6.45) is 6.36. The second-order valence-corrected chi connectivity index (χ2v) is 9.52. The number of benzene rings is 1. The molecule has 2 aromatic rings. The number of nitriles is 1. The van der Waals surface area contributed by atoms with Crippen LogP contribution in [0.25, 0.3) is 11.1 Å². The first-order valence-electron chi connectivity index (χ1n) is 11.2. The van der Waals surface area contributed by atoms with Crippen LogP contribution >= 0.6 is 0 Å². The summed E-state index contributed by atoms with van der Waals surface area (Å²) in [7, 11) is 0. The van der Waals surface area contributed by atoms with Gasteiger partial charge in [-0.1, -0.05) is 31.2 Å². The van der Waals surface area contributed by atoms with Gasteiger partial charge >= 0.3 is 5.97 Å². The van der Waals surface area contributed by atoms with Gasteiger partial charge in [-0.05, 0) is 68.4 Å². The molecule has 1 aliphatic heterocycles. The lowest BCUT2D eigenvalue weighted by Crippen LogP contribution is -2.41. The summed E-state index contributed by atoms with van der Waals surface area (Å²) in [5, 5.41) is 9.37. The third-order valence-corrected chi connectivity index (χ3v) is 7.98. The summed E-state index contributed by atoms with van der Waals surface area (Å²) in [6.45, 7) is 4.41. The standard InChI is InChI=1S/C26H28N2O2/c1-15-11-23-24(16(2)30-26(23)29)25-17(8-10-21(15)25)12-20-9-7-19(14-28-20)22-6-4-3-5-18(22)13-27/h3-7,9,14-17,21,23-25H,8,10-12H2,1-2H3/t15-,16+,17?,21?,23+,24+,25-/m0/s1. The molecule has 0 N–H and O–H groups in total. The van der Waals surface area contributed by atoms with Gasteiger partial charge in [-0.2, -0.15) is 5.26 Å². The van der Waals surface area contributed by atoms with Crippen LogP contribution < -0.4 is 0 Å². The lowest BCUT2D eigenvalue weighted by atomic mass is 9.61. The number of carbonyl (C=O) groups is 1. The van der Waals surface area contributed by atoms with E-state index in [-0.39, 0.29) is 18.0 Å². The molecule has 0 bridgehead atoms. The van der Waals surface area contributed by atoms with Gasteiger partial charge < -0.3 is 4.74 Å². The van der Waals surface area contributed by atoms with Gasteiger partial charge in [0.05, 0.1) is 17.6 Å². The summed E-state index contributed by atoms with van der Waals surface area (Å²) < 4.78 is 5.67. The van der Waals surface area contributed by atoms with Crippen LogP contribution in [0.3, 0.4) is 0 Å². The number of hydrogen-bond donors (Lipinski definition) is 0. The largest absolute Gasteiger partial charge is 0.462 e. The Hall–Kier alpha value is -2.67. The molecule has 2 saturated carbocycles. The fourth-order valence-electron chi connectivity index (χ4n) is 6.69. The number of rotatable bonds is 3. The molecule has 0 spiro atoms. The second-order valence-electron chi connectivity index (χ2n) is 9.52. The minimum absolute atomic E-state index is 0.0297. The number of carbonyl (C=O) groups excluding carboxylic acids is 1. The number of aromatic nitrogens is 1. The van der Waals surface area contributed by atoms with Gasteiger partial charge in [0.1, 0.15) is 6.10 Å². The third-order valence-electron chi connectivity index (χ3n) is 7.98. The van der Waals surface area contributed by atoms with Crippen LogP contribution in [-0.2, 0) is 16.0 Å². The van der Waals surface area contributed by atoms with Crippen molar-refractivity contribution in [1.82, 2.24) is 4.98 Å². The van der Waals surface area contributed by atoms with E-state index >= 15 is 0 Å². The normalized spacial score (nSPS) is 34.7. The number of pyridine rings is 1. The molecule has 30 heavy (non-hydrogen) atoms. The SMILES string of the molecule is C[C@H]1C[C@H]2C(=O)O[C@H](C)[C@H]2[C@H]2C(Cc3ccc(-c4ccccc4C#N)cn3)CCC21. The Morgan fingerprint density at radius 3 is 2.73 bits per heavy atom. The summed E-state index contributed by atoms with van der Waals surface area (Å²) in [4.78, 5) is 17.1. The first-order chi connectivity index (χ1) is 14.6. The van der Waals surface area contributed by atoms with Crippen LogP contribution in [-0.4, -0.2) is 17.1 Å². The summed E-state index contributed by atoms with van der Waals surface area (Å²) in [6, 6.07) is 14.1. The number of fused-ring (bicyclic) bond motifs is 3. The van der Waals surface area contributed by atoms with Crippen LogP contribution in [0.1, 0.15) is 44.4 Å². The van der Waals surface area contributed by atoms with Crippen molar-refractivity contribution < 1.29 is 9.53 Å². The van der Waals surface area contributed by atoms with Gasteiger partial charge in [0.15, 0.2) is 0 Å². The Morgan fingerprint density at radius 1 is 1.13 bits per heavy atom. The predicted molar refractivity (Wildman–Crippen MR) is 114 cm³/mol. The molecule has 3 fully saturated rings. The van der Waals surface area contributed by atoms with Crippen LogP contribution in [0.5, 0.6) is 0 Å². The molecule has 1 aromatic heterocycles. The average Bonchev–Trinajstić information content (AvgIpc) is 3.29. The molecule has 2 unspecified atom stereocenters. The molecule has 3 aliphatic rings. The van der Waals surface area contributed by atoms with Crippen LogP contribution in [0.15, 0.2) is 42.6 Å². The summed E-state index contributed by atoms with van der Waals surface area (Å²) in [5.41, 5.74) is 3.69. The molecule has 7 atom stereocenters. The fourth-order valence-corrected chi connectivity index (χ4v) is 6.69. The highest BCUT2D eigenvalue weighted by Gasteiger charge is 2.57. The van der Waals surface area contributed by atoms with E-state index in [4.69, 9.17) is 9.72 Å². The van der Waals surface area contributed by atoms with Gasteiger partial charge in [0.2, 0.25) is 0 Å². The minimum atomic E-state index is 0.0297. The molecule has 4 nitrogen and oxygen atoms in total. The number of ether oxygens (including phenoxy) is 1. The number of esters is 1. The molecular weight excluding hydrogens is 372 g/mol. The smallest absolute Gasteiger partial charge is 0.309 e. The van der Waals surface area contributed by atoms with Gasteiger partial charge in [0.25, 0.3) is 0 Å². The van der Waals surface area contributed by atoms with Gasteiger partial charge in [-0.15, -0.1) is 0 Å². The topological polar surface area (TPSA) is 63.0 Å². The Labute approximate surface area is 178 Å². The first kappa shape index (κ1) is 19.3. The van der Waals surface area contributed by atoms with Crippen LogP contribution in [0.2, 0.25) is 0 Å². The second kappa shape index (κ2) is 7.54. The van der Waals surface area contributed by atoms with Crippen molar-refractivity contribution in [1.29, 1.82) is 5.26 Å². The summed E-state index contributed by atoms with van der Waals surface area (Å²) in [5.74, 6) is 2.91. The molecule has 0 radical (unpaired) electrons. The lowest BCUT2D eigenvalue weighted by Gasteiger charge is -2.42. The minimum Gasteiger partial charge on any atom is -0.462 e. The number of nitrogens with zero attached hydrogens (tertiary/aromatic N) is 2. The maximum absolute atomic E-state index is 12.4. The molecule has 0 amide bonds. The highest BCUT2D eigenvalue weighted by molar-refractivity contribution is 5.75. The average molecular weight is 401 g/mol. The first-order valence-corrected chi connectivity index (χ1v) is 11.2. The molecule has 154 valence electrons. The Kier molecular flexibility index (Phi) is 4.85. The quantitative estimate of drug-likeness (QED) is 0.679. The number of cyclic esters (lactones) is 1. The maximum atomic E-state index is 12.4. The summed E-state index contributed by atoms with van der Waals surface area (Å²) >= 11 is 0. The van der Waals surface area contributed by atoms with Crippen molar-refractivity contribution in [2.75, 3.05) is 0 Å². The van der Waals surface area contributed by atoms with E-state index < -0.39 is 0 Å². The lowest BCUT2D eigenvalue weighted by molar-refractivity contribution is -0.144. The fraction of sp³-hybridized carbons (Fsp3) is 0.500. The van der Waals surface area contributed by atoms with Gasteiger partial charge in [-0.25, -0.2) is 0 Å². The van der Waals surface area contributed by atoms with E-state index in [9.17, 15) is 10.1 Å². The molecule has 5 rings (SSSR count). The number of hydrogen-bond acceptors (Lipinski definition) is 4. The van der Waals surface area contributed by atoms with E-state index in [2.05, 4.69) is 32.0 Å². The van der Waals surface area contributed by atoms with E-state index in [1.54, 1.807) is 0 Å². The highest BCUT2D eigenvalue weighted by Crippen LogP contribution is 2.57. The monoisotopic (exact) mass is 400 g/mol. The van der Waals surface area contributed by atoms with Crippen molar-refractivity contribution in [3.8, 4) is 17.2 Å². The van der Waals surface area contributed by atoms with Crippen molar-refractivity contribution in [2.24, 2.45) is 35.5 Å². The van der Waals surface area contributed by atoms with Crippen molar-refractivity contribution in [2.45, 2.75) is 45.6 Å². The van der Waals surface area contributed by atoms with Gasteiger partial charge in [-0.3, -0.25) is 9.78 Å². The molecule has 4 heteroatoms. The Bertz CT molecular complexity index is 993. The highest BCUT2D eigenvalue weighted by atomic mass is 16.6. The van der Waals surface area contributed by atoms with Crippen LogP contribution in [0, 0.1) is 46.8 Å². The van der Waals surface area contributed by atoms with Gasteiger partial charge in [0, 0.05) is 28.9 Å².